The van der Waals surface area contributed by atoms with Gasteiger partial charge in [-0.05, 0) is 43.7 Å². The Hall–Kier alpha value is -2.09. The van der Waals surface area contributed by atoms with Crippen molar-refractivity contribution in [2.75, 3.05) is 0 Å². The normalized spacial score (nSPS) is 11.2. The zero-order valence-corrected chi connectivity index (χ0v) is 12.7. The molecule has 0 aliphatic heterocycles. The summed E-state index contributed by atoms with van der Waals surface area (Å²) >= 11 is 5.89. The summed E-state index contributed by atoms with van der Waals surface area (Å²) in [4.78, 5) is 12.4. The van der Waals surface area contributed by atoms with Crippen molar-refractivity contribution in [3.63, 3.8) is 0 Å². The van der Waals surface area contributed by atoms with Crippen LogP contribution in [0.3, 0.4) is 0 Å². The van der Waals surface area contributed by atoms with Gasteiger partial charge in [0.25, 0.3) is 5.56 Å². The number of nitriles is 1. The smallest absolute Gasteiger partial charge is 0.269 e. The fourth-order valence-corrected chi connectivity index (χ4v) is 2.23. The van der Waals surface area contributed by atoms with Crippen LogP contribution < -0.4 is 11.3 Å². The van der Waals surface area contributed by atoms with Gasteiger partial charge >= 0.3 is 0 Å². The number of pyridine rings is 1. The molecule has 5 heteroatoms. The van der Waals surface area contributed by atoms with E-state index >= 15 is 0 Å². The van der Waals surface area contributed by atoms with Crippen molar-refractivity contribution in [3.8, 4) is 17.3 Å². The molecule has 21 heavy (non-hydrogen) atoms. The van der Waals surface area contributed by atoms with Crippen LogP contribution in [0.25, 0.3) is 11.3 Å². The van der Waals surface area contributed by atoms with Gasteiger partial charge in [-0.3, -0.25) is 4.79 Å². The Balaban J connectivity index is 2.66. The lowest BCUT2D eigenvalue weighted by molar-refractivity contribution is 0.429. The monoisotopic (exact) mass is 301 g/mol. The fourth-order valence-electron chi connectivity index (χ4n) is 2.10. The second kappa shape index (κ2) is 5.72. The lowest BCUT2D eigenvalue weighted by atomic mass is 10.0. The summed E-state index contributed by atoms with van der Waals surface area (Å²) in [6, 6.07) is 12.4. The van der Waals surface area contributed by atoms with Crippen LogP contribution in [0.4, 0.5) is 0 Å². The molecule has 1 aromatic carbocycles. The first kappa shape index (κ1) is 15.3. The van der Waals surface area contributed by atoms with E-state index < -0.39 is 5.54 Å². The van der Waals surface area contributed by atoms with Crippen molar-refractivity contribution >= 4 is 11.6 Å². The second-order valence-corrected chi connectivity index (χ2v) is 6.07. The molecule has 1 heterocycles. The predicted molar refractivity (Wildman–Crippen MR) is 84.1 cm³/mol. The molecule has 0 saturated heterocycles. The van der Waals surface area contributed by atoms with Gasteiger partial charge in [0.2, 0.25) is 0 Å². The average Bonchev–Trinajstić information content (AvgIpc) is 2.41. The van der Waals surface area contributed by atoms with Crippen molar-refractivity contribution in [1.29, 1.82) is 5.26 Å². The van der Waals surface area contributed by atoms with Crippen molar-refractivity contribution in [2.45, 2.75) is 25.9 Å². The van der Waals surface area contributed by atoms with Crippen molar-refractivity contribution in [1.82, 2.24) is 4.57 Å². The highest BCUT2D eigenvalue weighted by atomic mass is 35.5. The minimum absolute atomic E-state index is 0.108. The first-order valence-corrected chi connectivity index (χ1v) is 6.88. The van der Waals surface area contributed by atoms with E-state index in [-0.39, 0.29) is 11.1 Å². The van der Waals surface area contributed by atoms with Crippen LogP contribution in [0.15, 0.2) is 41.2 Å². The Morgan fingerprint density at radius 1 is 1.24 bits per heavy atom. The van der Waals surface area contributed by atoms with Crippen LogP contribution in [-0.2, 0) is 6.54 Å². The third-order valence-electron chi connectivity index (χ3n) is 3.00. The summed E-state index contributed by atoms with van der Waals surface area (Å²) in [5, 5.41) is 9.65. The summed E-state index contributed by atoms with van der Waals surface area (Å²) in [5.74, 6) is 0. The third-order valence-corrected chi connectivity index (χ3v) is 3.25. The van der Waals surface area contributed by atoms with Gasteiger partial charge in [0.15, 0.2) is 0 Å². The van der Waals surface area contributed by atoms with E-state index in [0.717, 1.165) is 5.56 Å². The van der Waals surface area contributed by atoms with Crippen LogP contribution in [0, 0.1) is 11.3 Å². The van der Waals surface area contributed by atoms with E-state index in [9.17, 15) is 4.79 Å². The topological polar surface area (TPSA) is 71.8 Å². The molecule has 0 radical (unpaired) electrons. The highest BCUT2D eigenvalue weighted by Crippen LogP contribution is 2.21. The minimum atomic E-state index is -0.570. The maximum absolute atomic E-state index is 12.4. The number of hydrogen-bond acceptors (Lipinski definition) is 3. The Morgan fingerprint density at radius 3 is 2.38 bits per heavy atom. The SMILES string of the molecule is CC(C)(N)Cn1c(-c2ccc(Cl)cc2)ccc(C#N)c1=O. The summed E-state index contributed by atoms with van der Waals surface area (Å²) in [6.45, 7) is 3.99. The molecule has 0 bridgehead atoms. The molecule has 0 aliphatic rings. The average molecular weight is 302 g/mol. The molecule has 0 aliphatic carbocycles. The van der Waals surface area contributed by atoms with Crippen molar-refractivity contribution in [2.24, 2.45) is 5.73 Å². The zero-order valence-electron chi connectivity index (χ0n) is 11.9. The lowest BCUT2D eigenvalue weighted by Gasteiger charge is -2.23. The highest BCUT2D eigenvalue weighted by molar-refractivity contribution is 6.30. The summed E-state index contributed by atoms with van der Waals surface area (Å²) in [5.41, 5.74) is 6.81. The molecule has 108 valence electrons. The summed E-state index contributed by atoms with van der Waals surface area (Å²) in [6.07, 6.45) is 0. The van der Waals surface area contributed by atoms with Gasteiger partial charge in [-0.15, -0.1) is 0 Å². The van der Waals surface area contributed by atoms with Crippen molar-refractivity contribution in [3.05, 3.63) is 57.3 Å². The fraction of sp³-hybridized carbons (Fsp3) is 0.250. The molecule has 2 N–H and O–H groups in total. The predicted octanol–water partition coefficient (Wildman–Crippen LogP) is 2.78. The molecule has 2 rings (SSSR count). The van der Waals surface area contributed by atoms with Gasteiger partial charge in [0.05, 0.1) is 5.69 Å². The number of benzene rings is 1. The van der Waals surface area contributed by atoms with Crippen molar-refractivity contribution < 1.29 is 0 Å². The molecule has 0 saturated carbocycles. The number of hydrogen-bond donors (Lipinski definition) is 1. The van der Waals surface area contributed by atoms with Crippen LogP contribution >= 0.6 is 11.6 Å². The van der Waals surface area contributed by atoms with Gasteiger partial charge < -0.3 is 10.3 Å². The van der Waals surface area contributed by atoms with E-state index in [0.29, 0.717) is 17.3 Å². The number of nitrogens with zero attached hydrogens (tertiary/aromatic N) is 2. The Labute approximate surface area is 128 Å². The van der Waals surface area contributed by atoms with Gasteiger partial charge in [-0.2, -0.15) is 5.26 Å². The third kappa shape index (κ3) is 3.52. The standard InChI is InChI=1S/C16H16ClN3O/c1-16(2,19)10-20-14(8-5-12(9-18)15(20)21)11-3-6-13(17)7-4-11/h3-8H,10,19H2,1-2H3. The van der Waals surface area contributed by atoms with Crippen LogP contribution in [0.5, 0.6) is 0 Å². The quantitative estimate of drug-likeness (QED) is 0.947. The summed E-state index contributed by atoms with van der Waals surface area (Å²) in [7, 11) is 0. The van der Waals surface area contributed by atoms with Gasteiger partial charge in [0.1, 0.15) is 11.6 Å². The number of halogens is 1. The van der Waals surface area contributed by atoms with Crippen LogP contribution in [0.2, 0.25) is 5.02 Å². The Bertz CT molecular complexity index is 749. The first-order chi connectivity index (χ1) is 9.81. The van der Waals surface area contributed by atoms with Crippen LogP contribution in [-0.4, -0.2) is 10.1 Å². The molecule has 2 aromatic rings. The van der Waals surface area contributed by atoms with Gasteiger partial charge in [-0.25, -0.2) is 0 Å². The van der Waals surface area contributed by atoms with E-state index in [2.05, 4.69) is 0 Å². The molecular weight excluding hydrogens is 286 g/mol. The summed E-state index contributed by atoms with van der Waals surface area (Å²) < 4.78 is 1.54. The Morgan fingerprint density at radius 2 is 1.86 bits per heavy atom. The van der Waals surface area contributed by atoms with Gasteiger partial charge in [-0.1, -0.05) is 23.7 Å². The second-order valence-electron chi connectivity index (χ2n) is 5.63. The zero-order chi connectivity index (χ0) is 15.6. The van der Waals surface area contributed by atoms with E-state index in [1.165, 1.54) is 6.07 Å². The van der Waals surface area contributed by atoms with E-state index in [1.54, 1.807) is 22.8 Å². The molecule has 0 spiro atoms. The number of rotatable bonds is 3. The minimum Gasteiger partial charge on any atom is -0.324 e. The molecule has 1 aromatic heterocycles. The highest BCUT2D eigenvalue weighted by Gasteiger charge is 2.17. The Kier molecular flexibility index (Phi) is 4.17. The molecule has 0 fully saturated rings. The molecule has 4 nitrogen and oxygen atoms in total. The van der Waals surface area contributed by atoms with E-state index in [4.69, 9.17) is 22.6 Å². The molecule has 0 atom stereocenters. The van der Waals surface area contributed by atoms with Gasteiger partial charge in [0, 0.05) is 17.1 Å². The van der Waals surface area contributed by atoms with Crippen LogP contribution in [0.1, 0.15) is 19.4 Å². The molecular formula is C16H16ClN3O. The lowest BCUT2D eigenvalue weighted by Crippen LogP contribution is -2.41. The largest absolute Gasteiger partial charge is 0.324 e. The number of nitrogens with two attached hydrogens (primary N) is 1. The first-order valence-electron chi connectivity index (χ1n) is 6.50. The van der Waals surface area contributed by atoms with E-state index in [1.807, 2.05) is 32.0 Å². The number of aromatic nitrogens is 1. The molecule has 0 amide bonds. The maximum Gasteiger partial charge on any atom is 0.269 e. The molecule has 0 unspecified atom stereocenters. The maximum atomic E-state index is 12.4.